The summed E-state index contributed by atoms with van der Waals surface area (Å²) >= 11 is 0. The maximum absolute atomic E-state index is 4.66. The van der Waals surface area contributed by atoms with Gasteiger partial charge in [-0.3, -0.25) is 4.98 Å². The molecule has 1 heterocycles. The third kappa shape index (κ3) is 2.99. The van der Waals surface area contributed by atoms with Crippen LogP contribution < -0.4 is 4.90 Å². The van der Waals surface area contributed by atoms with E-state index in [0.29, 0.717) is 0 Å². The number of benzene rings is 3. The van der Waals surface area contributed by atoms with Crippen LogP contribution in [0.15, 0.2) is 97.2 Å². The molecular formula is C22H18N2. The van der Waals surface area contributed by atoms with Gasteiger partial charge in [-0.05, 0) is 35.7 Å². The summed E-state index contributed by atoms with van der Waals surface area (Å²) < 4.78 is 0. The van der Waals surface area contributed by atoms with Crippen LogP contribution in [0.1, 0.15) is 5.69 Å². The molecule has 0 atom stereocenters. The SMILES string of the molecule is c1ccc(N(Cc2cc3ccccc3cn2)c2ccccc2)cc1. The first-order valence-corrected chi connectivity index (χ1v) is 8.11. The molecule has 2 nitrogen and oxygen atoms in total. The van der Waals surface area contributed by atoms with Gasteiger partial charge in [0.05, 0.1) is 12.2 Å². The Kier molecular flexibility index (Phi) is 3.95. The highest BCUT2D eigenvalue weighted by molar-refractivity contribution is 5.81. The van der Waals surface area contributed by atoms with Crippen molar-refractivity contribution in [2.45, 2.75) is 6.54 Å². The first-order chi connectivity index (χ1) is 11.9. The lowest BCUT2D eigenvalue weighted by Gasteiger charge is -2.25. The zero-order valence-corrected chi connectivity index (χ0v) is 13.3. The van der Waals surface area contributed by atoms with Gasteiger partial charge in [-0.2, -0.15) is 0 Å². The summed E-state index contributed by atoms with van der Waals surface area (Å²) in [5.74, 6) is 0. The molecule has 4 aromatic rings. The topological polar surface area (TPSA) is 16.1 Å². The Labute approximate surface area is 142 Å². The summed E-state index contributed by atoms with van der Waals surface area (Å²) in [6, 6.07) is 31.4. The lowest BCUT2D eigenvalue weighted by molar-refractivity contribution is 0.931. The van der Waals surface area contributed by atoms with Crippen molar-refractivity contribution in [3.05, 3.63) is 103 Å². The van der Waals surface area contributed by atoms with Gasteiger partial charge in [0.2, 0.25) is 0 Å². The predicted octanol–water partition coefficient (Wildman–Crippen LogP) is 5.57. The molecule has 0 aliphatic heterocycles. The average Bonchev–Trinajstić information content (AvgIpc) is 2.67. The Hall–Kier alpha value is -3.13. The molecule has 4 rings (SSSR count). The van der Waals surface area contributed by atoms with Crippen LogP contribution in [0, 0.1) is 0 Å². The monoisotopic (exact) mass is 310 g/mol. The van der Waals surface area contributed by atoms with E-state index in [0.717, 1.165) is 12.2 Å². The van der Waals surface area contributed by atoms with Crippen molar-refractivity contribution in [1.29, 1.82) is 0 Å². The third-order valence-corrected chi connectivity index (χ3v) is 4.14. The molecule has 0 N–H and O–H groups in total. The molecule has 0 saturated carbocycles. The maximum Gasteiger partial charge on any atom is 0.0654 e. The van der Waals surface area contributed by atoms with Crippen molar-refractivity contribution in [2.75, 3.05) is 4.90 Å². The van der Waals surface area contributed by atoms with Crippen molar-refractivity contribution >= 4 is 22.1 Å². The van der Waals surface area contributed by atoms with Crippen molar-refractivity contribution in [3.8, 4) is 0 Å². The molecule has 0 bridgehead atoms. The summed E-state index contributed by atoms with van der Waals surface area (Å²) in [5.41, 5.74) is 3.39. The molecule has 0 unspecified atom stereocenters. The van der Waals surface area contributed by atoms with E-state index in [2.05, 4.69) is 82.7 Å². The van der Waals surface area contributed by atoms with Crippen molar-refractivity contribution in [2.24, 2.45) is 0 Å². The molecule has 116 valence electrons. The molecule has 0 amide bonds. The molecule has 0 spiro atoms. The highest BCUT2D eigenvalue weighted by Gasteiger charge is 2.10. The zero-order valence-electron chi connectivity index (χ0n) is 13.3. The van der Waals surface area contributed by atoms with Crippen LogP contribution in [-0.2, 0) is 6.54 Å². The van der Waals surface area contributed by atoms with Crippen molar-refractivity contribution in [1.82, 2.24) is 4.98 Å². The normalized spacial score (nSPS) is 10.7. The van der Waals surface area contributed by atoms with E-state index in [1.165, 1.54) is 22.1 Å². The highest BCUT2D eigenvalue weighted by atomic mass is 15.1. The number of rotatable bonds is 4. The minimum Gasteiger partial charge on any atom is -0.335 e. The Morgan fingerprint density at radius 1 is 0.625 bits per heavy atom. The number of hydrogen-bond donors (Lipinski definition) is 0. The molecule has 3 aromatic carbocycles. The first-order valence-electron chi connectivity index (χ1n) is 8.11. The summed E-state index contributed by atoms with van der Waals surface area (Å²) in [6.45, 7) is 0.735. The summed E-state index contributed by atoms with van der Waals surface area (Å²) in [6.07, 6.45) is 1.96. The molecule has 1 aromatic heterocycles. The zero-order chi connectivity index (χ0) is 16.2. The van der Waals surface area contributed by atoms with Crippen LogP contribution in [0.2, 0.25) is 0 Å². The number of hydrogen-bond acceptors (Lipinski definition) is 2. The summed E-state index contributed by atoms with van der Waals surface area (Å²) in [4.78, 5) is 6.94. The molecule has 0 aliphatic carbocycles. The van der Waals surface area contributed by atoms with Gasteiger partial charge in [-0.15, -0.1) is 0 Å². The minimum atomic E-state index is 0.735. The van der Waals surface area contributed by atoms with Crippen molar-refractivity contribution in [3.63, 3.8) is 0 Å². The van der Waals surface area contributed by atoms with Crippen molar-refractivity contribution < 1.29 is 0 Å². The number of para-hydroxylation sites is 2. The van der Waals surface area contributed by atoms with Crippen LogP contribution in [0.5, 0.6) is 0 Å². The van der Waals surface area contributed by atoms with E-state index in [4.69, 9.17) is 0 Å². The average molecular weight is 310 g/mol. The number of aromatic nitrogens is 1. The largest absolute Gasteiger partial charge is 0.335 e. The van der Waals surface area contributed by atoms with E-state index in [1.54, 1.807) is 0 Å². The van der Waals surface area contributed by atoms with Gasteiger partial charge in [0.1, 0.15) is 0 Å². The highest BCUT2D eigenvalue weighted by Crippen LogP contribution is 2.27. The fraction of sp³-hybridized carbons (Fsp3) is 0.0455. The lowest BCUT2D eigenvalue weighted by atomic mass is 10.1. The van der Waals surface area contributed by atoms with Crippen LogP contribution in [0.25, 0.3) is 10.8 Å². The van der Waals surface area contributed by atoms with E-state index >= 15 is 0 Å². The lowest BCUT2D eigenvalue weighted by Crippen LogP contribution is -2.17. The standard InChI is InChI=1S/C22H18N2/c1-3-11-21(12-4-1)24(22-13-5-2-6-14-22)17-20-15-18-9-7-8-10-19(18)16-23-20/h1-16H,17H2. The Morgan fingerprint density at radius 3 is 1.79 bits per heavy atom. The summed E-state index contributed by atoms with van der Waals surface area (Å²) in [5, 5.41) is 2.40. The van der Waals surface area contributed by atoms with Gasteiger partial charge in [-0.25, -0.2) is 0 Å². The molecule has 0 fully saturated rings. The van der Waals surface area contributed by atoms with Crippen LogP contribution >= 0.6 is 0 Å². The second-order valence-electron chi connectivity index (χ2n) is 5.78. The molecule has 0 aliphatic rings. The molecule has 24 heavy (non-hydrogen) atoms. The number of pyridine rings is 1. The first kappa shape index (κ1) is 14.5. The van der Waals surface area contributed by atoms with Gasteiger partial charge in [0.25, 0.3) is 0 Å². The second kappa shape index (κ2) is 6.55. The molecule has 0 saturated heterocycles. The molecular weight excluding hydrogens is 292 g/mol. The van der Waals surface area contributed by atoms with E-state index in [-0.39, 0.29) is 0 Å². The Bertz CT molecular complexity index is 894. The van der Waals surface area contributed by atoms with Crippen LogP contribution in [0.3, 0.4) is 0 Å². The molecule has 2 heteroatoms. The fourth-order valence-corrected chi connectivity index (χ4v) is 2.93. The van der Waals surface area contributed by atoms with Crippen LogP contribution in [-0.4, -0.2) is 4.98 Å². The summed E-state index contributed by atoms with van der Waals surface area (Å²) in [7, 11) is 0. The smallest absolute Gasteiger partial charge is 0.0654 e. The van der Waals surface area contributed by atoms with Gasteiger partial charge < -0.3 is 4.90 Å². The molecule has 0 radical (unpaired) electrons. The van der Waals surface area contributed by atoms with E-state index < -0.39 is 0 Å². The Balaban J connectivity index is 1.73. The quantitative estimate of drug-likeness (QED) is 0.489. The van der Waals surface area contributed by atoms with Gasteiger partial charge in [-0.1, -0.05) is 60.7 Å². The van der Waals surface area contributed by atoms with Gasteiger partial charge in [0.15, 0.2) is 0 Å². The van der Waals surface area contributed by atoms with E-state index in [9.17, 15) is 0 Å². The number of fused-ring (bicyclic) bond motifs is 1. The Morgan fingerprint density at radius 2 is 1.17 bits per heavy atom. The predicted molar refractivity (Wildman–Crippen MR) is 100 cm³/mol. The second-order valence-corrected chi connectivity index (χ2v) is 5.78. The van der Waals surface area contributed by atoms with Gasteiger partial charge in [0, 0.05) is 23.0 Å². The maximum atomic E-state index is 4.66. The van der Waals surface area contributed by atoms with E-state index in [1.807, 2.05) is 24.4 Å². The third-order valence-electron chi connectivity index (χ3n) is 4.14. The minimum absolute atomic E-state index is 0.735. The van der Waals surface area contributed by atoms with Crippen LogP contribution in [0.4, 0.5) is 11.4 Å². The fourth-order valence-electron chi connectivity index (χ4n) is 2.93. The number of anilines is 2. The van der Waals surface area contributed by atoms with Gasteiger partial charge >= 0.3 is 0 Å². The number of nitrogens with zero attached hydrogens (tertiary/aromatic N) is 2.